The van der Waals surface area contributed by atoms with E-state index in [1.165, 1.54) is 122 Å². The van der Waals surface area contributed by atoms with Crippen molar-refractivity contribution in [2.45, 2.75) is 206 Å². The van der Waals surface area contributed by atoms with Crippen LogP contribution in [0.1, 0.15) is 194 Å². The first-order valence-electron chi connectivity index (χ1n) is 20.6. The molecule has 0 aromatic carbocycles. The van der Waals surface area contributed by atoms with E-state index in [4.69, 9.17) is 19.1 Å². The number of ether oxygens (including phenoxy) is 2. The maximum atomic E-state index is 12.5. The highest BCUT2D eigenvalue weighted by Gasteiger charge is 2.27. The molecule has 0 rings (SSSR count). The Morgan fingerprint density at radius 3 is 1.49 bits per heavy atom. The lowest BCUT2D eigenvalue weighted by molar-refractivity contribution is -0.161. The zero-order chi connectivity index (χ0) is 37.7. The van der Waals surface area contributed by atoms with Gasteiger partial charge in [-0.25, -0.2) is 4.57 Å². The van der Waals surface area contributed by atoms with Crippen LogP contribution in [0.3, 0.4) is 0 Å². The summed E-state index contributed by atoms with van der Waals surface area (Å²) in [5.41, 5.74) is 0. The van der Waals surface area contributed by atoms with Gasteiger partial charge in [-0.1, -0.05) is 167 Å². The molecule has 11 heteroatoms. The molecule has 0 aromatic heterocycles. The molecule has 0 amide bonds. The number of carbonyl (C=O) groups excluding carboxylic acids is 2. The second-order valence-corrected chi connectivity index (χ2v) is 15.5. The van der Waals surface area contributed by atoms with Crippen LogP contribution in [-0.4, -0.2) is 65.7 Å². The van der Waals surface area contributed by atoms with Crippen LogP contribution in [-0.2, 0) is 32.7 Å². The van der Waals surface area contributed by atoms with Gasteiger partial charge in [0.1, 0.15) is 12.7 Å². The molecule has 0 spiro atoms. The first-order chi connectivity index (χ1) is 24.7. The second kappa shape index (κ2) is 37.0. The van der Waals surface area contributed by atoms with Crippen LogP contribution in [0.15, 0.2) is 12.2 Å². The lowest BCUT2D eigenvalue weighted by Crippen LogP contribution is -2.29. The fraction of sp³-hybridized carbons (Fsp3) is 0.900. The number of phosphoric acid groups is 1. The Morgan fingerprint density at radius 2 is 1.00 bits per heavy atom. The van der Waals surface area contributed by atoms with Crippen LogP contribution < -0.4 is 0 Å². The lowest BCUT2D eigenvalue weighted by Gasteiger charge is -2.20. The van der Waals surface area contributed by atoms with Gasteiger partial charge in [-0.15, -0.1) is 0 Å². The molecule has 0 aromatic rings. The van der Waals surface area contributed by atoms with Gasteiger partial charge in [0.2, 0.25) is 0 Å². The minimum absolute atomic E-state index is 0.105. The Bertz CT molecular complexity index is 868. The van der Waals surface area contributed by atoms with Gasteiger partial charge in [-0.3, -0.25) is 18.6 Å². The monoisotopic (exact) mass is 749 g/mol. The summed E-state index contributed by atoms with van der Waals surface area (Å²) in [6, 6.07) is 0. The Kier molecular flexibility index (Phi) is 36.1. The van der Waals surface area contributed by atoms with Crippen molar-refractivity contribution in [2.75, 3.05) is 26.4 Å². The molecule has 0 heterocycles. The number of unbranched alkanes of at least 4 members (excludes halogenated alkanes) is 23. The van der Waals surface area contributed by atoms with Crippen molar-refractivity contribution in [3.8, 4) is 0 Å². The number of aliphatic hydroxyl groups is 2. The van der Waals surface area contributed by atoms with Crippen molar-refractivity contribution in [3.05, 3.63) is 12.2 Å². The molecule has 0 saturated carbocycles. The van der Waals surface area contributed by atoms with Crippen LogP contribution in [0.25, 0.3) is 0 Å². The van der Waals surface area contributed by atoms with Gasteiger partial charge in [0.25, 0.3) is 0 Å². The zero-order valence-corrected chi connectivity index (χ0v) is 33.5. The van der Waals surface area contributed by atoms with E-state index in [2.05, 4.69) is 24.4 Å². The Morgan fingerprint density at radius 1 is 0.569 bits per heavy atom. The first-order valence-corrected chi connectivity index (χ1v) is 22.1. The number of hydrogen-bond acceptors (Lipinski definition) is 9. The van der Waals surface area contributed by atoms with Gasteiger partial charge in [0.05, 0.1) is 19.8 Å². The fourth-order valence-corrected chi connectivity index (χ4v) is 6.51. The van der Waals surface area contributed by atoms with Crippen LogP contribution >= 0.6 is 7.82 Å². The maximum absolute atomic E-state index is 12.5. The third-order valence-electron chi connectivity index (χ3n) is 8.93. The molecule has 0 bridgehead atoms. The molecule has 3 unspecified atom stereocenters. The molecule has 0 aliphatic heterocycles. The summed E-state index contributed by atoms with van der Waals surface area (Å²) in [6.45, 7) is 2.35. The predicted molar refractivity (Wildman–Crippen MR) is 205 cm³/mol. The van der Waals surface area contributed by atoms with E-state index in [0.717, 1.165) is 32.1 Å². The number of esters is 2. The predicted octanol–water partition coefficient (Wildman–Crippen LogP) is 10.4. The van der Waals surface area contributed by atoms with Gasteiger partial charge >= 0.3 is 19.8 Å². The van der Waals surface area contributed by atoms with Gasteiger partial charge in [-0.05, 0) is 25.7 Å². The summed E-state index contributed by atoms with van der Waals surface area (Å²) in [4.78, 5) is 34.8. The van der Waals surface area contributed by atoms with E-state index in [1.54, 1.807) is 0 Å². The van der Waals surface area contributed by atoms with Crippen LogP contribution in [0.2, 0.25) is 0 Å². The van der Waals surface area contributed by atoms with Gasteiger partial charge < -0.3 is 24.6 Å². The van der Waals surface area contributed by atoms with E-state index in [9.17, 15) is 24.2 Å². The number of aliphatic hydroxyl groups excluding tert-OH is 2. The van der Waals surface area contributed by atoms with Gasteiger partial charge in [0.15, 0.2) is 6.10 Å². The molecule has 0 fully saturated rings. The standard InChI is InChI=1S/C40H77O10P/c1-3-5-7-9-11-13-15-17-18-20-22-24-26-28-30-32-40(44)50-38(36-49-51(45,46)48-34-37(42)33-41)35-47-39(43)31-29-27-25-23-21-19-16-14-12-10-8-6-4-2/h26,28,37-38,41-42H,3-25,27,29-36H2,1-2H3,(H,45,46)/b28-26-. The molecular formula is C40H77O10P. The van der Waals surface area contributed by atoms with E-state index in [1.807, 2.05) is 6.08 Å². The average molecular weight is 749 g/mol. The fourth-order valence-electron chi connectivity index (χ4n) is 5.72. The van der Waals surface area contributed by atoms with Crippen molar-refractivity contribution < 1.29 is 47.8 Å². The molecule has 302 valence electrons. The van der Waals surface area contributed by atoms with Crippen LogP contribution in [0, 0.1) is 0 Å². The lowest BCUT2D eigenvalue weighted by atomic mass is 10.0. The Hall–Kier alpha value is -1.29. The van der Waals surface area contributed by atoms with Crippen LogP contribution in [0.4, 0.5) is 0 Å². The molecule has 0 radical (unpaired) electrons. The number of phosphoric ester groups is 1. The van der Waals surface area contributed by atoms with Crippen molar-refractivity contribution in [1.82, 2.24) is 0 Å². The highest BCUT2D eigenvalue weighted by molar-refractivity contribution is 7.47. The minimum atomic E-state index is -4.62. The maximum Gasteiger partial charge on any atom is 0.472 e. The quantitative estimate of drug-likeness (QED) is 0.0240. The SMILES string of the molecule is CCCCCCCCCCCCC/C=C\CCC(=O)OC(COC(=O)CCCCCCCCCCCCCCC)COP(=O)(O)OCC(O)CO. The zero-order valence-electron chi connectivity index (χ0n) is 32.6. The molecule has 0 saturated heterocycles. The minimum Gasteiger partial charge on any atom is -0.462 e. The number of hydrogen-bond donors (Lipinski definition) is 3. The van der Waals surface area contributed by atoms with Crippen molar-refractivity contribution in [3.63, 3.8) is 0 Å². The topological polar surface area (TPSA) is 149 Å². The van der Waals surface area contributed by atoms with Gasteiger partial charge in [0, 0.05) is 12.8 Å². The summed E-state index contributed by atoms with van der Waals surface area (Å²) in [7, 11) is -4.62. The van der Waals surface area contributed by atoms with Gasteiger partial charge in [-0.2, -0.15) is 0 Å². The van der Waals surface area contributed by atoms with E-state index in [-0.39, 0.29) is 19.4 Å². The summed E-state index contributed by atoms with van der Waals surface area (Å²) >= 11 is 0. The number of allylic oxidation sites excluding steroid dienone is 2. The molecule has 51 heavy (non-hydrogen) atoms. The molecule has 10 nitrogen and oxygen atoms in total. The van der Waals surface area contributed by atoms with E-state index >= 15 is 0 Å². The normalized spacial score (nSPS) is 14.1. The smallest absolute Gasteiger partial charge is 0.462 e. The van der Waals surface area contributed by atoms with E-state index in [0.29, 0.717) is 12.8 Å². The van der Waals surface area contributed by atoms with E-state index < -0.39 is 51.8 Å². The molecule has 0 aliphatic carbocycles. The molecule has 3 atom stereocenters. The molecule has 3 N–H and O–H groups in total. The Labute approximate surface area is 311 Å². The largest absolute Gasteiger partial charge is 0.472 e. The van der Waals surface area contributed by atoms with Crippen molar-refractivity contribution >= 4 is 19.8 Å². The van der Waals surface area contributed by atoms with Crippen molar-refractivity contribution in [1.29, 1.82) is 0 Å². The highest BCUT2D eigenvalue weighted by atomic mass is 31.2. The number of carbonyl (C=O) groups is 2. The summed E-state index contributed by atoms with van der Waals surface area (Å²) in [5.74, 6) is -0.973. The second-order valence-electron chi connectivity index (χ2n) is 14.0. The highest BCUT2D eigenvalue weighted by Crippen LogP contribution is 2.43. The van der Waals surface area contributed by atoms with Crippen LogP contribution in [0.5, 0.6) is 0 Å². The van der Waals surface area contributed by atoms with Crippen molar-refractivity contribution in [2.24, 2.45) is 0 Å². The first kappa shape index (κ1) is 49.7. The summed E-state index contributed by atoms with van der Waals surface area (Å²) < 4.78 is 32.6. The molecule has 0 aliphatic rings. The third kappa shape index (κ3) is 36.8. The summed E-state index contributed by atoms with van der Waals surface area (Å²) in [5, 5.41) is 18.3. The molecular weight excluding hydrogens is 671 g/mol. The summed E-state index contributed by atoms with van der Waals surface area (Å²) in [6.07, 6.45) is 33.3. The average Bonchev–Trinajstić information content (AvgIpc) is 3.12. The third-order valence-corrected chi connectivity index (χ3v) is 9.88. The number of rotatable bonds is 39. The Balaban J connectivity index is 4.35.